The van der Waals surface area contributed by atoms with E-state index in [-0.39, 0.29) is 6.61 Å². The summed E-state index contributed by atoms with van der Waals surface area (Å²) in [4.78, 5) is 0. The van der Waals surface area contributed by atoms with Crippen molar-refractivity contribution < 1.29 is 19.3 Å². The molecule has 1 aromatic heterocycles. The zero-order valence-corrected chi connectivity index (χ0v) is 9.96. The second-order valence-corrected chi connectivity index (χ2v) is 3.33. The van der Waals surface area contributed by atoms with Crippen LogP contribution < -0.4 is 4.74 Å². The monoisotopic (exact) mass is 242 g/mol. The number of aliphatic hydroxyl groups excluding tert-OH is 1. The highest BCUT2D eigenvalue weighted by atomic mass is 16.5. The Bertz CT molecular complexity index is 292. The highest BCUT2D eigenvalue weighted by Crippen LogP contribution is 2.04. The molecule has 0 saturated carbocycles. The van der Waals surface area contributed by atoms with E-state index in [1.807, 2.05) is 0 Å². The second kappa shape index (κ2) is 8.86. The van der Waals surface area contributed by atoms with E-state index < -0.39 is 0 Å². The van der Waals surface area contributed by atoms with Gasteiger partial charge in [0.25, 0.3) is 0 Å². The predicted molar refractivity (Wildman–Crippen MR) is 60.8 cm³/mol. The molecule has 1 heterocycles. The van der Waals surface area contributed by atoms with Gasteiger partial charge < -0.3 is 19.3 Å². The fourth-order valence-electron chi connectivity index (χ4n) is 1.12. The van der Waals surface area contributed by atoms with Crippen LogP contribution in [-0.2, 0) is 16.1 Å². The van der Waals surface area contributed by atoms with E-state index in [0.29, 0.717) is 38.0 Å². The molecule has 6 nitrogen and oxygen atoms in total. The predicted octanol–water partition coefficient (Wildman–Crippen LogP) is 0.401. The minimum absolute atomic E-state index is 0.115. The maximum Gasteiger partial charge on any atom is 0.233 e. The molecule has 0 amide bonds. The fourth-order valence-corrected chi connectivity index (χ4v) is 1.12. The van der Waals surface area contributed by atoms with E-state index >= 15 is 0 Å². The van der Waals surface area contributed by atoms with E-state index in [0.717, 1.165) is 6.42 Å². The molecule has 6 heteroatoms. The van der Waals surface area contributed by atoms with E-state index in [1.165, 1.54) is 0 Å². The number of aliphatic hydroxyl groups is 1. The lowest BCUT2D eigenvalue weighted by atomic mass is 10.4. The van der Waals surface area contributed by atoms with Gasteiger partial charge in [-0.3, -0.25) is 0 Å². The van der Waals surface area contributed by atoms with Crippen molar-refractivity contribution in [3.05, 3.63) is 17.8 Å². The quantitative estimate of drug-likeness (QED) is 0.632. The summed E-state index contributed by atoms with van der Waals surface area (Å²) in [7, 11) is 1.66. The lowest BCUT2D eigenvalue weighted by Crippen LogP contribution is -2.09. The molecule has 1 N–H and O–H groups in total. The Morgan fingerprint density at radius 3 is 2.65 bits per heavy atom. The molecule has 96 valence electrons. The van der Waals surface area contributed by atoms with Crippen LogP contribution in [-0.4, -0.2) is 48.8 Å². The first kappa shape index (κ1) is 13.8. The van der Waals surface area contributed by atoms with E-state index in [1.54, 1.807) is 19.2 Å². The maximum atomic E-state index is 8.77. The lowest BCUT2D eigenvalue weighted by molar-refractivity contribution is 0.0792. The van der Waals surface area contributed by atoms with Crippen LogP contribution in [0, 0.1) is 0 Å². The Kier molecular flexibility index (Phi) is 7.20. The summed E-state index contributed by atoms with van der Waals surface area (Å²) < 4.78 is 15.5. The molecular weight excluding hydrogens is 224 g/mol. The summed E-state index contributed by atoms with van der Waals surface area (Å²) in [5.74, 6) is 0.433. The van der Waals surface area contributed by atoms with E-state index in [2.05, 4.69) is 10.2 Å². The average molecular weight is 242 g/mol. The molecule has 0 spiro atoms. The van der Waals surface area contributed by atoms with Gasteiger partial charge in [0.15, 0.2) is 0 Å². The summed E-state index contributed by atoms with van der Waals surface area (Å²) in [5, 5.41) is 16.3. The van der Waals surface area contributed by atoms with Gasteiger partial charge in [-0.2, -0.15) is 0 Å². The van der Waals surface area contributed by atoms with Gasteiger partial charge >= 0.3 is 0 Å². The Morgan fingerprint density at radius 2 is 2.00 bits per heavy atom. The summed E-state index contributed by atoms with van der Waals surface area (Å²) in [6.45, 7) is 2.18. The first-order chi connectivity index (χ1) is 8.36. The van der Waals surface area contributed by atoms with Crippen molar-refractivity contribution >= 4 is 0 Å². The molecule has 0 radical (unpaired) electrons. The number of rotatable bonds is 9. The van der Waals surface area contributed by atoms with Crippen LogP contribution in [0.3, 0.4) is 0 Å². The van der Waals surface area contributed by atoms with Gasteiger partial charge in [-0.1, -0.05) is 0 Å². The van der Waals surface area contributed by atoms with E-state index in [9.17, 15) is 0 Å². The number of hydrogen-bond donors (Lipinski definition) is 1. The lowest BCUT2D eigenvalue weighted by Gasteiger charge is -2.05. The van der Waals surface area contributed by atoms with Gasteiger partial charge in [0.2, 0.25) is 5.88 Å². The maximum absolute atomic E-state index is 8.77. The third kappa shape index (κ3) is 6.15. The number of ether oxygens (including phenoxy) is 3. The normalized spacial score (nSPS) is 10.5. The molecule has 0 bridgehead atoms. The number of nitrogens with zero attached hydrogens (tertiary/aromatic N) is 2. The van der Waals surface area contributed by atoms with Gasteiger partial charge in [-0.25, -0.2) is 0 Å². The van der Waals surface area contributed by atoms with Gasteiger partial charge in [-0.05, 0) is 12.5 Å². The molecule has 0 fully saturated rings. The number of hydrogen-bond acceptors (Lipinski definition) is 6. The molecule has 0 aliphatic rings. The first-order valence-electron chi connectivity index (χ1n) is 5.49. The summed E-state index contributed by atoms with van der Waals surface area (Å²) in [5.41, 5.74) is 0.521. The second-order valence-electron chi connectivity index (χ2n) is 3.33. The van der Waals surface area contributed by atoms with Crippen molar-refractivity contribution in [3.8, 4) is 5.88 Å². The van der Waals surface area contributed by atoms with Crippen molar-refractivity contribution in [2.24, 2.45) is 0 Å². The first-order valence-corrected chi connectivity index (χ1v) is 5.49. The zero-order chi connectivity index (χ0) is 12.3. The molecule has 1 rings (SSSR count). The molecule has 0 unspecified atom stereocenters. The average Bonchev–Trinajstić information content (AvgIpc) is 2.38. The molecule has 0 saturated heterocycles. The molecule has 0 aromatic carbocycles. The summed E-state index contributed by atoms with van der Waals surface area (Å²) in [6.07, 6.45) is 0.876. The molecular formula is C11H18N2O4. The Morgan fingerprint density at radius 1 is 1.12 bits per heavy atom. The molecule has 0 aliphatic heterocycles. The van der Waals surface area contributed by atoms with Gasteiger partial charge in [0, 0.05) is 26.4 Å². The zero-order valence-electron chi connectivity index (χ0n) is 9.96. The largest absolute Gasteiger partial charge is 0.474 e. The van der Waals surface area contributed by atoms with Crippen LogP contribution in [0.5, 0.6) is 5.88 Å². The molecule has 0 aliphatic carbocycles. The van der Waals surface area contributed by atoms with Crippen molar-refractivity contribution in [1.82, 2.24) is 10.2 Å². The fraction of sp³-hybridized carbons (Fsp3) is 0.636. The Hall–Kier alpha value is -1.24. The van der Waals surface area contributed by atoms with Crippen molar-refractivity contribution in [3.63, 3.8) is 0 Å². The minimum atomic E-state index is -0.115. The van der Waals surface area contributed by atoms with Crippen LogP contribution in [0.25, 0.3) is 0 Å². The SMILES string of the molecule is COCCCOCCOc1ccc(CO)nn1. The van der Waals surface area contributed by atoms with Gasteiger partial charge in [0.1, 0.15) is 6.61 Å². The smallest absolute Gasteiger partial charge is 0.233 e. The third-order valence-corrected chi connectivity index (χ3v) is 1.97. The number of aromatic nitrogens is 2. The Labute approximate surface area is 101 Å². The van der Waals surface area contributed by atoms with Crippen molar-refractivity contribution in [1.29, 1.82) is 0 Å². The van der Waals surface area contributed by atoms with Crippen molar-refractivity contribution in [2.45, 2.75) is 13.0 Å². The van der Waals surface area contributed by atoms with Crippen LogP contribution >= 0.6 is 0 Å². The highest BCUT2D eigenvalue weighted by Gasteiger charge is 1.97. The summed E-state index contributed by atoms with van der Waals surface area (Å²) >= 11 is 0. The van der Waals surface area contributed by atoms with E-state index in [4.69, 9.17) is 19.3 Å². The van der Waals surface area contributed by atoms with Crippen LogP contribution in [0.1, 0.15) is 12.1 Å². The van der Waals surface area contributed by atoms with Crippen LogP contribution in [0.2, 0.25) is 0 Å². The van der Waals surface area contributed by atoms with Crippen LogP contribution in [0.4, 0.5) is 0 Å². The third-order valence-electron chi connectivity index (χ3n) is 1.97. The Balaban J connectivity index is 2.05. The molecule has 0 atom stereocenters. The summed E-state index contributed by atoms with van der Waals surface area (Å²) in [6, 6.07) is 3.34. The highest BCUT2D eigenvalue weighted by molar-refractivity contribution is 5.10. The minimum Gasteiger partial charge on any atom is -0.474 e. The van der Waals surface area contributed by atoms with Crippen LogP contribution in [0.15, 0.2) is 12.1 Å². The molecule has 1 aromatic rings. The van der Waals surface area contributed by atoms with Crippen molar-refractivity contribution in [2.75, 3.05) is 33.5 Å². The number of methoxy groups -OCH3 is 1. The molecule has 17 heavy (non-hydrogen) atoms. The van der Waals surface area contributed by atoms with Gasteiger partial charge in [0.05, 0.1) is 18.9 Å². The topological polar surface area (TPSA) is 73.7 Å². The van der Waals surface area contributed by atoms with Gasteiger partial charge in [-0.15, -0.1) is 10.2 Å². The standard InChI is InChI=1S/C11H18N2O4/c1-15-5-2-6-16-7-8-17-11-4-3-10(9-14)12-13-11/h3-4,14H,2,5-9H2,1H3.